The largest absolute Gasteiger partial charge is 0.205 e. The van der Waals surface area contributed by atoms with Crippen LogP contribution in [0.2, 0.25) is 0 Å². The first-order chi connectivity index (χ1) is 9.55. The fraction of sp³-hybridized carbons (Fsp3) is 0.550. The van der Waals surface area contributed by atoms with Crippen LogP contribution in [0.1, 0.15) is 59.7 Å². The maximum atomic E-state index is 2.36. The molecular weight excluding hydrogens is 254 g/mol. The van der Waals surface area contributed by atoms with E-state index in [0.29, 0.717) is 0 Å². The molecule has 0 saturated heterocycles. The average molecular weight is 286 g/mol. The van der Waals surface area contributed by atoms with Crippen molar-refractivity contribution < 1.29 is 4.57 Å². The fourth-order valence-electron chi connectivity index (χ4n) is 2.31. The minimum atomic E-state index is 0.187. The molecule has 0 radical (unpaired) electrons. The molecule has 1 heterocycles. The molecule has 0 amide bonds. The zero-order valence-electron chi connectivity index (χ0n) is 15.1. The minimum absolute atomic E-state index is 0.187. The molecule has 1 heteroatoms. The first kappa shape index (κ1) is 17.7. The van der Waals surface area contributed by atoms with E-state index >= 15 is 0 Å². The number of nitrogens with zero attached hydrogens (tertiary/aromatic N) is 1. The second-order valence-corrected chi connectivity index (χ2v) is 7.88. The topological polar surface area (TPSA) is 3.88 Å². The number of pyridine rings is 1. The molecule has 0 N–H and O–H groups in total. The summed E-state index contributed by atoms with van der Waals surface area (Å²) in [4.78, 5) is 0. The molecule has 116 valence electrons. The highest BCUT2D eigenvalue weighted by Gasteiger charge is 2.18. The molecule has 0 spiro atoms. The Morgan fingerprint density at radius 2 is 1.76 bits per heavy atom. The van der Waals surface area contributed by atoms with Gasteiger partial charge in [-0.05, 0) is 28.9 Å². The van der Waals surface area contributed by atoms with Crippen LogP contribution in [0.15, 0.2) is 42.1 Å². The van der Waals surface area contributed by atoms with Gasteiger partial charge in [-0.15, -0.1) is 0 Å². The third kappa shape index (κ3) is 5.15. The Morgan fingerprint density at radius 1 is 1.14 bits per heavy atom. The van der Waals surface area contributed by atoms with E-state index in [9.17, 15) is 0 Å². The SMILES string of the molecule is C/C=C\C(=C/Cc1cc(C(C)(C)C)cc[n+]1C)C(C)(C)C. The quantitative estimate of drug-likeness (QED) is 0.549. The summed E-state index contributed by atoms with van der Waals surface area (Å²) >= 11 is 0. The number of hydrogen-bond donors (Lipinski definition) is 0. The molecule has 1 aromatic rings. The van der Waals surface area contributed by atoms with Gasteiger partial charge in [-0.3, -0.25) is 0 Å². The number of rotatable bonds is 3. The molecular formula is C20H32N+. The van der Waals surface area contributed by atoms with Crippen LogP contribution < -0.4 is 4.57 Å². The molecule has 0 unspecified atom stereocenters. The normalized spacial score (nSPS) is 14.0. The third-order valence-electron chi connectivity index (χ3n) is 3.86. The van der Waals surface area contributed by atoms with Gasteiger partial charge < -0.3 is 0 Å². The van der Waals surface area contributed by atoms with Gasteiger partial charge in [-0.25, -0.2) is 4.57 Å². The van der Waals surface area contributed by atoms with Gasteiger partial charge in [-0.2, -0.15) is 0 Å². The number of aromatic nitrogens is 1. The van der Waals surface area contributed by atoms with Gasteiger partial charge in [0.25, 0.3) is 0 Å². The highest BCUT2D eigenvalue weighted by molar-refractivity contribution is 5.27. The summed E-state index contributed by atoms with van der Waals surface area (Å²) in [6, 6.07) is 4.57. The molecule has 1 aromatic heterocycles. The van der Waals surface area contributed by atoms with Crippen LogP contribution in [0.25, 0.3) is 0 Å². The van der Waals surface area contributed by atoms with Crippen LogP contribution in [0, 0.1) is 5.41 Å². The summed E-state index contributed by atoms with van der Waals surface area (Å²) in [5.74, 6) is 0. The molecule has 21 heavy (non-hydrogen) atoms. The summed E-state index contributed by atoms with van der Waals surface area (Å²) in [7, 11) is 2.13. The van der Waals surface area contributed by atoms with Crippen molar-refractivity contribution in [3.05, 3.63) is 53.4 Å². The summed E-state index contributed by atoms with van der Waals surface area (Å²) in [5.41, 5.74) is 4.53. The minimum Gasteiger partial charge on any atom is -0.205 e. The lowest BCUT2D eigenvalue weighted by molar-refractivity contribution is -0.678. The molecule has 0 aliphatic rings. The third-order valence-corrected chi connectivity index (χ3v) is 3.86. The second-order valence-electron chi connectivity index (χ2n) is 7.88. The Kier molecular flexibility index (Phi) is 5.55. The van der Waals surface area contributed by atoms with Crippen molar-refractivity contribution in [2.75, 3.05) is 0 Å². The first-order valence-corrected chi connectivity index (χ1v) is 7.88. The number of aryl methyl sites for hydroxylation is 1. The van der Waals surface area contributed by atoms with E-state index in [2.05, 4.69) is 96.6 Å². The van der Waals surface area contributed by atoms with Crippen LogP contribution in [0.3, 0.4) is 0 Å². The van der Waals surface area contributed by atoms with Crippen molar-refractivity contribution in [1.82, 2.24) is 0 Å². The van der Waals surface area contributed by atoms with Crippen LogP contribution in [-0.2, 0) is 18.9 Å². The van der Waals surface area contributed by atoms with Crippen molar-refractivity contribution in [2.24, 2.45) is 12.5 Å². The Bertz CT molecular complexity index is 534. The van der Waals surface area contributed by atoms with Crippen LogP contribution in [0.4, 0.5) is 0 Å². The van der Waals surface area contributed by atoms with Crippen LogP contribution in [0.5, 0.6) is 0 Å². The Balaban J connectivity index is 3.12. The average Bonchev–Trinajstić information content (AvgIpc) is 2.33. The van der Waals surface area contributed by atoms with E-state index in [4.69, 9.17) is 0 Å². The van der Waals surface area contributed by atoms with E-state index in [1.807, 2.05) is 0 Å². The summed E-state index contributed by atoms with van der Waals surface area (Å²) < 4.78 is 2.22. The molecule has 1 rings (SSSR count). The number of allylic oxidation sites excluding steroid dienone is 4. The zero-order valence-corrected chi connectivity index (χ0v) is 15.1. The predicted molar refractivity (Wildman–Crippen MR) is 92.4 cm³/mol. The summed E-state index contributed by atoms with van der Waals surface area (Å²) in [5, 5.41) is 0. The van der Waals surface area contributed by atoms with Gasteiger partial charge in [0, 0.05) is 12.1 Å². The van der Waals surface area contributed by atoms with E-state index in [0.717, 1.165) is 6.42 Å². The van der Waals surface area contributed by atoms with Gasteiger partial charge in [0.15, 0.2) is 11.9 Å². The number of hydrogen-bond acceptors (Lipinski definition) is 0. The summed E-state index contributed by atoms with van der Waals surface area (Å²) in [6.45, 7) is 15.7. The molecule has 0 bridgehead atoms. The fourth-order valence-corrected chi connectivity index (χ4v) is 2.31. The van der Waals surface area contributed by atoms with E-state index in [1.165, 1.54) is 16.8 Å². The Labute approximate surface area is 131 Å². The van der Waals surface area contributed by atoms with E-state index < -0.39 is 0 Å². The lowest BCUT2D eigenvalue weighted by Gasteiger charge is -2.21. The maximum Gasteiger partial charge on any atom is 0.185 e. The van der Waals surface area contributed by atoms with Crippen LogP contribution in [-0.4, -0.2) is 0 Å². The lowest BCUT2D eigenvalue weighted by atomic mass is 9.84. The highest BCUT2D eigenvalue weighted by Crippen LogP contribution is 2.27. The van der Waals surface area contributed by atoms with Gasteiger partial charge in [0.1, 0.15) is 7.05 Å². The Hall–Kier alpha value is -1.37. The Morgan fingerprint density at radius 3 is 2.24 bits per heavy atom. The second kappa shape index (κ2) is 6.60. The van der Waals surface area contributed by atoms with Crippen molar-refractivity contribution in [2.45, 2.75) is 60.3 Å². The first-order valence-electron chi connectivity index (χ1n) is 7.88. The van der Waals surface area contributed by atoms with Crippen LogP contribution >= 0.6 is 0 Å². The van der Waals surface area contributed by atoms with Gasteiger partial charge in [0.05, 0.1) is 6.42 Å². The molecule has 0 aliphatic heterocycles. The predicted octanol–water partition coefficient (Wildman–Crippen LogP) is 4.90. The molecule has 0 aromatic carbocycles. The lowest BCUT2D eigenvalue weighted by Crippen LogP contribution is -2.34. The van der Waals surface area contributed by atoms with Gasteiger partial charge in [-0.1, -0.05) is 59.8 Å². The van der Waals surface area contributed by atoms with Crippen molar-refractivity contribution in [1.29, 1.82) is 0 Å². The van der Waals surface area contributed by atoms with Crippen molar-refractivity contribution in [3.63, 3.8) is 0 Å². The maximum absolute atomic E-state index is 2.36. The molecule has 0 atom stereocenters. The van der Waals surface area contributed by atoms with Crippen molar-refractivity contribution in [3.8, 4) is 0 Å². The molecule has 0 fully saturated rings. The monoisotopic (exact) mass is 286 g/mol. The van der Waals surface area contributed by atoms with E-state index in [1.54, 1.807) is 0 Å². The van der Waals surface area contributed by atoms with E-state index in [-0.39, 0.29) is 10.8 Å². The highest BCUT2D eigenvalue weighted by atomic mass is 14.9. The summed E-state index contributed by atoms with van der Waals surface area (Å²) in [6.07, 6.45) is 9.87. The molecule has 0 saturated carbocycles. The van der Waals surface area contributed by atoms with Gasteiger partial charge >= 0.3 is 0 Å². The molecule has 0 aliphatic carbocycles. The smallest absolute Gasteiger partial charge is 0.185 e. The van der Waals surface area contributed by atoms with Crippen molar-refractivity contribution >= 4 is 0 Å². The standard InChI is InChI=1S/C20H32N/c1-9-10-16(19(2,3)4)11-12-18-15-17(20(5,6)7)13-14-21(18)8/h9-11,13-15H,12H2,1-8H3/q+1/b10-9-,16-11+. The zero-order chi connectivity index (χ0) is 16.3. The molecule has 1 nitrogen and oxygen atoms in total. The van der Waals surface area contributed by atoms with Gasteiger partial charge in [0.2, 0.25) is 0 Å².